The molecule has 3 rings (SSSR count). The molecule has 0 spiro atoms. The Morgan fingerprint density at radius 1 is 1.14 bits per heavy atom. The molecule has 3 aromatic rings. The lowest BCUT2D eigenvalue weighted by molar-refractivity contribution is 0.0505. The third kappa shape index (κ3) is 4.08. The second-order valence-electron chi connectivity index (χ2n) is 7.29. The summed E-state index contributed by atoms with van der Waals surface area (Å²) in [5.41, 5.74) is -0.0978. The summed E-state index contributed by atoms with van der Waals surface area (Å²) >= 11 is 0. The first-order valence-electron chi connectivity index (χ1n) is 8.53. The molecule has 1 unspecified atom stereocenters. The Balaban J connectivity index is 2.10. The molecule has 9 heteroatoms. The monoisotopic (exact) mass is 392 g/mol. The molecule has 1 atom stereocenters. The van der Waals surface area contributed by atoms with Crippen molar-refractivity contribution in [2.75, 3.05) is 0 Å². The fourth-order valence-corrected chi connectivity index (χ4v) is 2.72. The van der Waals surface area contributed by atoms with Crippen LogP contribution in [0.3, 0.4) is 0 Å². The second kappa shape index (κ2) is 7.14. The Morgan fingerprint density at radius 3 is 2.46 bits per heavy atom. The number of carbonyl (C=O) groups excluding carboxylic acids is 1. The van der Waals surface area contributed by atoms with Crippen molar-refractivity contribution >= 4 is 17.1 Å². The van der Waals surface area contributed by atoms with Gasteiger partial charge in [0.05, 0.1) is 35.2 Å². The highest BCUT2D eigenvalue weighted by molar-refractivity contribution is 5.79. The van der Waals surface area contributed by atoms with E-state index in [1.165, 1.54) is 16.8 Å². The van der Waals surface area contributed by atoms with E-state index in [1.807, 2.05) is 0 Å². The minimum Gasteiger partial charge on any atom is -0.444 e. The molecule has 1 aromatic carbocycles. The van der Waals surface area contributed by atoms with Gasteiger partial charge in [-0.25, -0.2) is 22.9 Å². The molecule has 2 heterocycles. The Labute approximate surface area is 159 Å². The second-order valence-corrected chi connectivity index (χ2v) is 7.29. The van der Waals surface area contributed by atoms with Crippen LogP contribution < -0.4 is 5.32 Å². The van der Waals surface area contributed by atoms with E-state index >= 15 is 0 Å². The van der Waals surface area contributed by atoms with Gasteiger partial charge in [-0.05, 0) is 27.7 Å². The van der Waals surface area contributed by atoms with Crippen molar-refractivity contribution in [2.45, 2.75) is 39.3 Å². The van der Waals surface area contributed by atoms with E-state index in [0.717, 1.165) is 18.3 Å². The number of aromatic nitrogens is 3. The summed E-state index contributed by atoms with van der Waals surface area (Å²) < 4.78 is 47.9. The molecule has 0 fully saturated rings. The number of fused-ring (bicyclic) bond motifs is 1. The molecule has 1 amide bonds. The van der Waals surface area contributed by atoms with Gasteiger partial charge < -0.3 is 10.1 Å². The molecule has 0 saturated heterocycles. The smallest absolute Gasteiger partial charge is 0.408 e. The van der Waals surface area contributed by atoms with E-state index in [1.54, 1.807) is 27.7 Å². The molecule has 0 saturated carbocycles. The minimum absolute atomic E-state index is 0.149. The zero-order valence-corrected chi connectivity index (χ0v) is 15.8. The van der Waals surface area contributed by atoms with Crippen LogP contribution in [0.5, 0.6) is 0 Å². The predicted octanol–water partition coefficient (Wildman–Crippen LogP) is 4.42. The quantitative estimate of drug-likeness (QED) is 0.716. The van der Waals surface area contributed by atoms with Crippen LogP contribution in [0.1, 0.15) is 39.6 Å². The van der Waals surface area contributed by atoms with E-state index < -0.39 is 35.2 Å². The summed E-state index contributed by atoms with van der Waals surface area (Å²) in [7, 11) is 0. The van der Waals surface area contributed by atoms with Crippen molar-refractivity contribution in [1.29, 1.82) is 0 Å². The molecule has 0 aliphatic carbocycles. The first-order chi connectivity index (χ1) is 13.0. The van der Waals surface area contributed by atoms with Crippen LogP contribution in [0, 0.1) is 17.5 Å². The Kier molecular flexibility index (Phi) is 5.01. The minimum atomic E-state index is -1.07. The fraction of sp³-hybridized carbons (Fsp3) is 0.316. The molecule has 0 radical (unpaired) electrons. The average molecular weight is 392 g/mol. The molecular formula is C19H19F3N4O2. The number of ether oxygens (including phenoxy) is 1. The van der Waals surface area contributed by atoms with Crippen LogP contribution in [0.25, 0.3) is 16.7 Å². The van der Waals surface area contributed by atoms with E-state index in [4.69, 9.17) is 4.74 Å². The fourth-order valence-electron chi connectivity index (χ4n) is 2.72. The van der Waals surface area contributed by atoms with Crippen molar-refractivity contribution in [3.63, 3.8) is 0 Å². The van der Waals surface area contributed by atoms with Gasteiger partial charge in [-0.15, -0.1) is 0 Å². The number of carbonyl (C=O) groups is 1. The number of nitrogens with one attached hydrogen (secondary N) is 1. The lowest BCUT2D eigenvalue weighted by Crippen LogP contribution is -2.34. The standard InChI is InChI=1S/C19H19F3N4O2/c1-10(24-18(27)28-19(2,3)4)17-25-15-6-13(21)14(22)7-16(15)26(17)12-5-11(20)8-23-9-12/h5-10H,1-4H3,(H,24,27). The first kappa shape index (κ1) is 19.7. The lowest BCUT2D eigenvalue weighted by atomic mass is 10.2. The van der Waals surface area contributed by atoms with E-state index in [2.05, 4.69) is 15.3 Å². The average Bonchev–Trinajstić information content (AvgIpc) is 2.92. The van der Waals surface area contributed by atoms with Gasteiger partial charge in [0.15, 0.2) is 11.6 Å². The molecule has 6 nitrogen and oxygen atoms in total. The Bertz CT molecular complexity index is 1040. The summed E-state index contributed by atoms with van der Waals surface area (Å²) in [6.45, 7) is 6.78. The van der Waals surface area contributed by atoms with Crippen LogP contribution in [0.4, 0.5) is 18.0 Å². The van der Waals surface area contributed by atoms with Crippen LogP contribution in [-0.4, -0.2) is 26.2 Å². The number of rotatable bonds is 3. The normalized spacial score (nSPS) is 12.8. The van der Waals surface area contributed by atoms with Gasteiger partial charge >= 0.3 is 6.09 Å². The van der Waals surface area contributed by atoms with Gasteiger partial charge in [-0.1, -0.05) is 0 Å². The summed E-state index contributed by atoms with van der Waals surface area (Å²) in [6.07, 6.45) is 1.69. The molecule has 1 N–H and O–H groups in total. The van der Waals surface area contributed by atoms with Crippen molar-refractivity contribution in [3.8, 4) is 5.69 Å². The van der Waals surface area contributed by atoms with Crippen LogP contribution in [0.15, 0.2) is 30.6 Å². The third-order valence-corrected chi connectivity index (χ3v) is 3.79. The largest absolute Gasteiger partial charge is 0.444 e. The SMILES string of the molecule is CC(NC(=O)OC(C)(C)C)c1nc2cc(F)c(F)cc2n1-c1cncc(F)c1. The maximum atomic E-state index is 13.8. The number of pyridine rings is 1. The zero-order chi connectivity index (χ0) is 20.6. The van der Waals surface area contributed by atoms with Gasteiger partial charge in [-0.3, -0.25) is 9.55 Å². The number of benzene rings is 1. The highest BCUT2D eigenvalue weighted by Gasteiger charge is 2.24. The zero-order valence-electron chi connectivity index (χ0n) is 15.8. The number of amides is 1. The molecular weight excluding hydrogens is 373 g/mol. The van der Waals surface area contributed by atoms with Crippen molar-refractivity contribution in [2.24, 2.45) is 0 Å². The van der Waals surface area contributed by atoms with Crippen LogP contribution in [-0.2, 0) is 4.74 Å². The number of nitrogens with zero attached hydrogens (tertiary/aromatic N) is 3. The first-order valence-corrected chi connectivity index (χ1v) is 8.53. The van der Waals surface area contributed by atoms with Gasteiger partial charge in [0.25, 0.3) is 0 Å². The topological polar surface area (TPSA) is 69.0 Å². The number of alkyl carbamates (subject to hydrolysis) is 1. The van der Waals surface area contributed by atoms with Crippen LogP contribution >= 0.6 is 0 Å². The summed E-state index contributed by atoms with van der Waals surface area (Å²) in [4.78, 5) is 20.2. The molecule has 0 aliphatic rings. The van der Waals surface area contributed by atoms with E-state index in [9.17, 15) is 18.0 Å². The lowest BCUT2D eigenvalue weighted by Gasteiger charge is -2.22. The Hall–Kier alpha value is -3.10. The van der Waals surface area contributed by atoms with Crippen molar-refractivity contribution in [1.82, 2.24) is 19.9 Å². The number of imidazole rings is 1. The van der Waals surface area contributed by atoms with Crippen LogP contribution in [0.2, 0.25) is 0 Å². The number of hydrogen-bond donors (Lipinski definition) is 1. The van der Waals surface area contributed by atoms with Gasteiger partial charge in [-0.2, -0.15) is 0 Å². The summed E-state index contributed by atoms with van der Waals surface area (Å²) in [5, 5.41) is 2.62. The molecule has 0 aliphatic heterocycles. The summed E-state index contributed by atoms with van der Waals surface area (Å²) in [5.74, 6) is -2.51. The van der Waals surface area contributed by atoms with Gasteiger partial charge in [0.1, 0.15) is 17.2 Å². The number of hydrogen-bond acceptors (Lipinski definition) is 4. The summed E-state index contributed by atoms with van der Waals surface area (Å²) in [6, 6.07) is 2.37. The molecule has 28 heavy (non-hydrogen) atoms. The number of halogens is 3. The molecule has 0 bridgehead atoms. The van der Waals surface area contributed by atoms with Gasteiger partial charge in [0, 0.05) is 18.2 Å². The Morgan fingerprint density at radius 2 is 1.82 bits per heavy atom. The highest BCUT2D eigenvalue weighted by Crippen LogP contribution is 2.27. The molecule has 2 aromatic heterocycles. The van der Waals surface area contributed by atoms with Crippen molar-refractivity contribution in [3.05, 3.63) is 53.9 Å². The van der Waals surface area contributed by atoms with E-state index in [-0.39, 0.29) is 22.5 Å². The highest BCUT2D eigenvalue weighted by atomic mass is 19.2. The van der Waals surface area contributed by atoms with E-state index in [0.29, 0.717) is 0 Å². The van der Waals surface area contributed by atoms with Crippen molar-refractivity contribution < 1.29 is 22.7 Å². The third-order valence-electron chi connectivity index (χ3n) is 3.79. The maximum absolute atomic E-state index is 13.8. The predicted molar refractivity (Wildman–Crippen MR) is 96.5 cm³/mol. The maximum Gasteiger partial charge on any atom is 0.408 e. The molecule has 148 valence electrons. The van der Waals surface area contributed by atoms with Gasteiger partial charge in [0.2, 0.25) is 0 Å².